The van der Waals surface area contributed by atoms with Crippen molar-refractivity contribution in [3.63, 3.8) is 0 Å². The lowest BCUT2D eigenvalue weighted by Crippen LogP contribution is -1.99. The molecule has 0 aromatic carbocycles. The van der Waals surface area contributed by atoms with Gasteiger partial charge in [-0.15, -0.1) is 0 Å². The van der Waals surface area contributed by atoms with Gasteiger partial charge in [-0.2, -0.15) is 0 Å². The van der Waals surface area contributed by atoms with Gasteiger partial charge in [-0.25, -0.2) is 4.98 Å². The summed E-state index contributed by atoms with van der Waals surface area (Å²) in [7, 11) is 2.14. The Labute approximate surface area is 97.3 Å². The topological polar surface area (TPSA) is 17.8 Å². The number of hydrogen-bond donors (Lipinski definition) is 0. The molecule has 0 radical (unpaired) electrons. The fourth-order valence-corrected chi connectivity index (χ4v) is 2.47. The molecule has 2 heterocycles. The Morgan fingerprint density at radius 1 is 1.19 bits per heavy atom. The Bertz CT molecular complexity index is 483. The van der Waals surface area contributed by atoms with E-state index in [0.717, 1.165) is 12.1 Å². The second-order valence-corrected chi connectivity index (χ2v) is 4.36. The predicted octanol–water partition coefficient (Wildman–Crippen LogP) is 3.48. The van der Waals surface area contributed by atoms with Crippen LogP contribution in [0.25, 0.3) is 11.0 Å². The van der Waals surface area contributed by atoms with Crippen LogP contribution in [-0.2, 0) is 19.9 Å². The van der Waals surface area contributed by atoms with Crippen LogP contribution in [0.1, 0.15) is 37.9 Å². The van der Waals surface area contributed by atoms with Gasteiger partial charge < -0.3 is 4.57 Å². The van der Waals surface area contributed by atoms with E-state index in [4.69, 9.17) is 0 Å². The number of hydrogen-bond acceptors (Lipinski definition) is 1. The van der Waals surface area contributed by atoms with Gasteiger partial charge in [-0.1, -0.05) is 26.7 Å². The molecule has 0 saturated carbocycles. The molecule has 0 aliphatic heterocycles. The van der Waals surface area contributed by atoms with Crippen LogP contribution in [0, 0.1) is 0 Å². The van der Waals surface area contributed by atoms with Crippen LogP contribution in [0.2, 0.25) is 0 Å². The summed E-state index contributed by atoms with van der Waals surface area (Å²) >= 11 is 0. The lowest BCUT2D eigenvalue weighted by Gasteiger charge is -2.05. The Balaban J connectivity index is 2.65. The molecule has 0 fully saturated rings. The van der Waals surface area contributed by atoms with Gasteiger partial charge >= 0.3 is 0 Å². The minimum atomic E-state index is 1.13. The van der Waals surface area contributed by atoms with Crippen molar-refractivity contribution in [2.24, 2.45) is 7.05 Å². The number of rotatable bonds is 4. The smallest absolute Gasteiger partial charge is 0.140 e. The van der Waals surface area contributed by atoms with Gasteiger partial charge in [0.05, 0.1) is 0 Å². The monoisotopic (exact) mass is 216 g/mol. The van der Waals surface area contributed by atoms with Crippen LogP contribution in [-0.4, -0.2) is 9.55 Å². The Kier molecular flexibility index (Phi) is 3.28. The van der Waals surface area contributed by atoms with E-state index in [0.29, 0.717) is 0 Å². The van der Waals surface area contributed by atoms with E-state index >= 15 is 0 Å². The molecule has 2 aromatic rings. The van der Waals surface area contributed by atoms with Crippen LogP contribution >= 0.6 is 0 Å². The van der Waals surface area contributed by atoms with Gasteiger partial charge in [0, 0.05) is 24.3 Å². The zero-order valence-corrected chi connectivity index (χ0v) is 10.5. The summed E-state index contributed by atoms with van der Waals surface area (Å²) in [5, 5.41) is 1.34. The van der Waals surface area contributed by atoms with Gasteiger partial charge in [-0.3, -0.25) is 0 Å². The predicted molar refractivity (Wildman–Crippen MR) is 68.7 cm³/mol. The lowest BCUT2D eigenvalue weighted by molar-refractivity contribution is 0.774. The largest absolute Gasteiger partial charge is 0.332 e. The van der Waals surface area contributed by atoms with Crippen molar-refractivity contribution in [1.29, 1.82) is 0 Å². The van der Waals surface area contributed by atoms with Crippen molar-refractivity contribution in [3.8, 4) is 0 Å². The molecule has 2 rings (SSSR count). The van der Waals surface area contributed by atoms with Gasteiger partial charge in [0.25, 0.3) is 0 Å². The molecule has 0 unspecified atom stereocenters. The lowest BCUT2D eigenvalue weighted by atomic mass is 10.0. The average Bonchev–Trinajstić information content (AvgIpc) is 2.57. The first-order chi connectivity index (χ1) is 7.79. The van der Waals surface area contributed by atoms with E-state index in [-0.39, 0.29) is 0 Å². The molecule has 0 aliphatic rings. The molecule has 0 atom stereocenters. The summed E-state index contributed by atoms with van der Waals surface area (Å²) in [6.45, 7) is 4.48. The van der Waals surface area contributed by atoms with Crippen LogP contribution in [0.4, 0.5) is 0 Å². The van der Waals surface area contributed by atoms with Gasteiger partial charge in [0.2, 0.25) is 0 Å². The molecule has 0 spiro atoms. The quantitative estimate of drug-likeness (QED) is 0.765. The summed E-state index contributed by atoms with van der Waals surface area (Å²) < 4.78 is 2.27. The molecule has 2 nitrogen and oxygen atoms in total. The van der Waals surface area contributed by atoms with E-state index < -0.39 is 0 Å². The fraction of sp³-hybridized carbons (Fsp3) is 0.500. The minimum Gasteiger partial charge on any atom is -0.332 e. The van der Waals surface area contributed by atoms with Crippen molar-refractivity contribution >= 4 is 11.0 Å². The normalized spacial score (nSPS) is 11.2. The van der Waals surface area contributed by atoms with Crippen LogP contribution < -0.4 is 0 Å². The number of nitrogens with zero attached hydrogens (tertiary/aromatic N) is 2. The third-order valence-electron chi connectivity index (χ3n) is 3.17. The molecule has 2 heteroatoms. The van der Waals surface area contributed by atoms with Crippen LogP contribution in [0.5, 0.6) is 0 Å². The molecular formula is C14H20N2. The maximum Gasteiger partial charge on any atom is 0.140 e. The van der Waals surface area contributed by atoms with Gasteiger partial charge in [0.15, 0.2) is 0 Å². The molecule has 0 bridgehead atoms. The molecular weight excluding hydrogens is 196 g/mol. The van der Waals surface area contributed by atoms with Crippen molar-refractivity contribution in [2.45, 2.75) is 39.5 Å². The molecule has 0 N–H and O–H groups in total. The average molecular weight is 216 g/mol. The zero-order chi connectivity index (χ0) is 11.5. The molecule has 0 saturated heterocycles. The third-order valence-corrected chi connectivity index (χ3v) is 3.17. The SMILES string of the molecule is CCCc1c(CCC)n(C)c2ncccc12. The number of pyridine rings is 1. The molecule has 0 aliphatic carbocycles. The first kappa shape index (κ1) is 11.2. The van der Waals surface area contributed by atoms with Gasteiger partial charge in [-0.05, 0) is 30.5 Å². The van der Waals surface area contributed by atoms with E-state index in [9.17, 15) is 0 Å². The van der Waals surface area contributed by atoms with Crippen molar-refractivity contribution < 1.29 is 0 Å². The summed E-state index contributed by atoms with van der Waals surface area (Å²) in [6.07, 6.45) is 6.60. The summed E-state index contributed by atoms with van der Waals surface area (Å²) in [5.74, 6) is 0. The minimum absolute atomic E-state index is 1.13. The fourth-order valence-electron chi connectivity index (χ4n) is 2.47. The Hall–Kier alpha value is -1.31. The van der Waals surface area contributed by atoms with E-state index in [1.165, 1.54) is 35.9 Å². The highest BCUT2D eigenvalue weighted by Gasteiger charge is 2.13. The van der Waals surface area contributed by atoms with Crippen molar-refractivity contribution in [3.05, 3.63) is 29.6 Å². The molecule has 0 amide bonds. The highest BCUT2D eigenvalue weighted by Crippen LogP contribution is 2.25. The second kappa shape index (κ2) is 4.69. The zero-order valence-electron chi connectivity index (χ0n) is 10.5. The van der Waals surface area contributed by atoms with E-state index in [2.05, 4.69) is 36.5 Å². The van der Waals surface area contributed by atoms with Crippen molar-refractivity contribution in [1.82, 2.24) is 9.55 Å². The van der Waals surface area contributed by atoms with Crippen molar-refractivity contribution in [2.75, 3.05) is 0 Å². The first-order valence-corrected chi connectivity index (χ1v) is 6.20. The Morgan fingerprint density at radius 2 is 1.94 bits per heavy atom. The number of aromatic nitrogens is 2. The maximum atomic E-state index is 4.49. The van der Waals surface area contributed by atoms with Crippen LogP contribution in [0.3, 0.4) is 0 Å². The second-order valence-electron chi connectivity index (χ2n) is 4.36. The number of fused-ring (bicyclic) bond motifs is 1. The standard InChI is InChI=1S/C14H20N2/c1-4-7-11-12-9-6-10-15-14(12)16(3)13(11)8-5-2/h6,9-10H,4-5,7-8H2,1-3H3. The van der Waals surface area contributed by atoms with E-state index in [1.54, 1.807) is 0 Å². The molecule has 86 valence electrons. The highest BCUT2D eigenvalue weighted by atomic mass is 15.0. The molecule has 2 aromatic heterocycles. The summed E-state index contributed by atoms with van der Waals surface area (Å²) in [6, 6.07) is 4.24. The van der Waals surface area contributed by atoms with E-state index in [1.807, 2.05) is 12.3 Å². The third kappa shape index (κ3) is 1.73. The van der Waals surface area contributed by atoms with Gasteiger partial charge in [0.1, 0.15) is 5.65 Å². The number of aryl methyl sites for hydroxylation is 2. The summed E-state index contributed by atoms with van der Waals surface area (Å²) in [4.78, 5) is 4.49. The molecule has 16 heavy (non-hydrogen) atoms. The van der Waals surface area contributed by atoms with Crippen LogP contribution in [0.15, 0.2) is 18.3 Å². The summed E-state index contributed by atoms with van der Waals surface area (Å²) in [5.41, 5.74) is 4.11. The maximum absolute atomic E-state index is 4.49. The Morgan fingerprint density at radius 3 is 2.62 bits per heavy atom. The first-order valence-electron chi connectivity index (χ1n) is 6.20. The highest BCUT2D eigenvalue weighted by molar-refractivity contribution is 5.82.